The molecule has 0 fully saturated rings. The molecule has 0 spiro atoms. The lowest BCUT2D eigenvalue weighted by Gasteiger charge is -2.27. The van der Waals surface area contributed by atoms with Gasteiger partial charge in [0.2, 0.25) is 6.43 Å². The quantitative estimate of drug-likeness (QED) is 0.705. The van der Waals surface area contributed by atoms with Crippen molar-refractivity contribution in [2.75, 3.05) is 6.61 Å². The van der Waals surface area contributed by atoms with Crippen LogP contribution in [0.15, 0.2) is 48.5 Å². The van der Waals surface area contributed by atoms with Gasteiger partial charge in [-0.2, -0.15) is 0 Å². The highest BCUT2D eigenvalue weighted by Gasteiger charge is 2.36. The van der Waals surface area contributed by atoms with Crippen molar-refractivity contribution in [3.8, 4) is 11.1 Å². The van der Waals surface area contributed by atoms with Crippen molar-refractivity contribution in [2.24, 2.45) is 5.41 Å². The molecule has 2 aromatic rings. The first-order valence-electron chi connectivity index (χ1n) is 9.33. The predicted molar refractivity (Wildman–Crippen MR) is 104 cm³/mol. The number of benzene rings is 2. The molecule has 0 bridgehead atoms. The van der Waals surface area contributed by atoms with Gasteiger partial charge in [0.1, 0.15) is 12.6 Å². The molecule has 154 valence electrons. The molecule has 0 saturated carbocycles. The van der Waals surface area contributed by atoms with Crippen molar-refractivity contribution in [2.45, 2.75) is 38.7 Å². The van der Waals surface area contributed by atoms with E-state index < -0.39 is 36.4 Å². The molecular formula is C22H23F2NO4. The monoisotopic (exact) mass is 403 g/mol. The Bertz CT molecular complexity index is 868. The van der Waals surface area contributed by atoms with Crippen LogP contribution in [-0.2, 0) is 9.53 Å². The number of carboxylic acids is 1. The molecule has 0 heterocycles. The number of carboxylic acid groups (broad SMARTS) is 1. The number of alkyl halides is 2. The number of nitrogens with one attached hydrogen (secondary N) is 1. The van der Waals surface area contributed by atoms with Crippen LogP contribution in [0.3, 0.4) is 0 Å². The van der Waals surface area contributed by atoms with E-state index in [1.165, 1.54) is 13.8 Å². The minimum absolute atomic E-state index is 0.0183. The normalized spacial score (nSPS) is 14.2. The summed E-state index contributed by atoms with van der Waals surface area (Å²) in [5, 5.41) is 11.5. The van der Waals surface area contributed by atoms with Gasteiger partial charge in [-0.3, -0.25) is 0 Å². The Balaban J connectivity index is 1.68. The number of carbonyl (C=O) groups is 2. The first-order chi connectivity index (χ1) is 13.7. The number of ether oxygens (including phenoxy) is 1. The summed E-state index contributed by atoms with van der Waals surface area (Å²) in [6, 6.07) is 14.2. The van der Waals surface area contributed by atoms with Gasteiger partial charge in [0.05, 0.1) is 0 Å². The first-order valence-corrected chi connectivity index (χ1v) is 9.33. The Labute approximate surface area is 167 Å². The highest BCUT2D eigenvalue weighted by atomic mass is 19.3. The fourth-order valence-corrected chi connectivity index (χ4v) is 3.60. The first kappa shape index (κ1) is 20.8. The minimum atomic E-state index is -2.71. The van der Waals surface area contributed by atoms with Crippen LogP contribution in [0.25, 0.3) is 11.1 Å². The molecule has 1 atom stereocenters. The average molecular weight is 403 g/mol. The Kier molecular flexibility index (Phi) is 5.86. The van der Waals surface area contributed by atoms with Crippen LogP contribution in [0.5, 0.6) is 0 Å². The van der Waals surface area contributed by atoms with Gasteiger partial charge in [-0.1, -0.05) is 62.4 Å². The van der Waals surface area contributed by atoms with Gasteiger partial charge >= 0.3 is 12.1 Å². The lowest BCUT2D eigenvalue weighted by Crippen LogP contribution is -2.45. The summed E-state index contributed by atoms with van der Waals surface area (Å²) < 4.78 is 31.4. The van der Waals surface area contributed by atoms with Crippen LogP contribution < -0.4 is 5.32 Å². The van der Waals surface area contributed by atoms with Gasteiger partial charge in [-0.05, 0) is 28.7 Å². The number of fused-ring (bicyclic) bond motifs is 3. The van der Waals surface area contributed by atoms with E-state index in [9.17, 15) is 23.5 Å². The maximum Gasteiger partial charge on any atom is 0.407 e. The van der Waals surface area contributed by atoms with E-state index in [4.69, 9.17) is 4.74 Å². The second-order valence-electron chi connectivity index (χ2n) is 7.85. The number of rotatable bonds is 7. The van der Waals surface area contributed by atoms with Crippen molar-refractivity contribution in [1.29, 1.82) is 0 Å². The molecule has 1 amide bonds. The van der Waals surface area contributed by atoms with Gasteiger partial charge in [0, 0.05) is 11.3 Å². The van der Waals surface area contributed by atoms with Crippen molar-refractivity contribution in [1.82, 2.24) is 5.32 Å². The van der Waals surface area contributed by atoms with E-state index in [2.05, 4.69) is 5.32 Å². The lowest BCUT2D eigenvalue weighted by atomic mass is 9.86. The maximum atomic E-state index is 13.1. The summed E-state index contributed by atoms with van der Waals surface area (Å²) in [5.41, 5.74) is 2.63. The van der Waals surface area contributed by atoms with Crippen LogP contribution in [0, 0.1) is 5.41 Å². The summed E-state index contributed by atoms with van der Waals surface area (Å²) >= 11 is 0. The van der Waals surface area contributed by atoms with Crippen molar-refractivity contribution >= 4 is 12.1 Å². The smallest absolute Gasteiger partial charge is 0.407 e. The van der Waals surface area contributed by atoms with E-state index in [0.29, 0.717) is 0 Å². The molecule has 1 aliphatic rings. The SMILES string of the molecule is CC(C)(CC(NC(=O)OCC1c2ccccc2-c2ccccc21)C(=O)O)C(F)F. The molecule has 0 aromatic heterocycles. The fourth-order valence-electron chi connectivity index (χ4n) is 3.60. The molecular weight excluding hydrogens is 380 g/mol. The van der Waals surface area contributed by atoms with Crippen molar-refractivity contribution in [3.05, 3.63) is 59.7 Å². The number of aliphatic carboxylic acids is 1. The van der Waals surface area contributed by atoms with E-state index in [0.717, 1.165) is 22.3 Å². The van der Waals surface area contributed by atoms with Crippen LogP contribution in [0.2, 0.25) is 0 Å². The number of halogens is 2. The van der Waals surface area contributed by atoms with Crippen LogP contribution >= 0.6 is 0 Å². The largest absolute Gasteiger partial charge is 0.480 e. The second-order valence-corrected chi connectivity index (χ2v) is 7.85. The third kappa shape index (κ3) is 4.39. The van der Waals surface area contributed by atoms with Gasteiger partial charge < -0.3 is 15.2 Å². The topological polar surface area (TPSA) is 75.6 Å². The third-order valence-electron chi connectivity index (χ3n) is 5.25. The summed E-state index contributed by atoms with van der Waals surface area (Å²) in [6.45, 7) is 2.53. The molecule has 0 radical (unpaired) electrons. The van der Waals surface area contributed by atoms with E-state index >= 15 is 0 Å². The Hall–Kier alpha value is -2.96. The van der Waals surface area contributed by atoms with Crippen LogP contribution in [0.4, 0.5) is 13.6 Å². The van der Waals surface area contributed by atoms with Crippen LogP contribution in [0.1, 0.15) is 37.3 Å². The van der Waals surface area contributed by atoms with E-state index in [1.54, 1.807) is 0 Å². The summed E-state index contributed by atoms with van der Waals surface area (Å²) in [4.78, 5) is 23.6. The Morgan fingerprint density at radius 3 is 2.07 bits per heavy atom. The number of carbonyl (C=O) groups excluding carboxylic acids is 1. The molecule has 5 nitrogen and oxygen atoms in total. The minimum Gasteiger partial charge on any atom is -0.480 e. The molecule has 0 aliphatic heterocycles. The molecule has 2 aromatic carbocycles. The number of alkyl carbamates (subject to hydrolysis) is 1. The van der Waals surface area contributed by atoms with Gasteiger partial charge in [-0.15, -0.1) is 0 Å². The average Bonchev–Trinajstić information content (AvgIpc) is 2.99. The van der Waals surface area contributed by atoms with E-state index in [-0.39, 0.29) is 12.5 Å². The van der Waals surface area contributed by atoms with Crippen LogP contribution in [-0.4, -0.2) is 36.2 Å². The number of hydrogen-bond acceptors (Lipinski definition) is 3. The molecule has 29 heavy (non-hydrogen) atoms. The highest BCUT2D eigenvalue weighted by Crippen LogP contribution is 2.44. The maximum absolute atomic E-state index is 13.1. The number of amides is 1. The molecule has 3 rings (SSSR count). The Morgan fingerprint density at radius 2 is 1.59 bits per heavy atom. The lowest BCUT2D eigenvalue weighted by molar-refractivity contribution is -0.141. The summed E-state index contributed by atoms with van der Waals surface area (Å²) in [6.07, 6.45) is -4.07. The van der Waals surface area contributed by atoms with E-state index in [1.807, 2.05) is 48.5 Å². The van der Waals surface area contributed by atoms with Gasteiger partial charge in [-0.25, -0.2) is 18.4 Å². The zero-order valence-electron chi connectivity index (χ0n) is 16.2. The standard InChI is InChI=1S/C22H23F2NO4/c1-22(2,20(23)24)11-18(19(26)27)25-21(28)29-12-17-15-9-5-3-7-13(15)14-8-4-6-10-16(14)17/h3-10,17-18,20H,11-12H2,1-2H3,(H,25,28)(H,26,27). The highest BCUT2D eigenvalue weighted by molar-refractivity contribution is 5.81. The molecule has 1 unspecified atom stereocenters. The van der Waals surface area contributed by atoms with Crippen molar-refractivity contribution in [3.63, 3.8) is 0 Å². The van der Waals surface area contributed by atoms with Gasteiger partial charge in [0.15, 0.2) is 0 Å². The third-order valence-corrected chi connectivity index (χ3v) is 5.25. The predicted octanol–water partition coefficient (Wildman–Crippen LogP) is 4.66. The zero-order valence-corrected chi connectivity index (χ0v) is 16.2. The second kappa shape index (κ2) is 8.19. The molecule has 0 saturated heterocycles. The Morgan fingerprint density at radius 1 is 1.07 bits per heavy atom. The number of hydrogen-bond donors (Lipinski definition) is 2. The van der Waals surface area contributed by atoms with Gasteiger partial charge in [0.25, 0.3) is 0 Å². The summed E-state index contributed by atoms with van der Waals surface area (Å²) in [5.74, 6) is -1.55. The molecule has 2 N–H and O–H groups in total. The molecule has 7 heteroatoms. The van der Waals surface area contributed by atoms with Crippen molar-refractivity contribution < 1.29 is 28.2 Å². The fraction of sp³-hybridized carbons (Fsp3) is 0.364. The summed E-state index contributed by atoms with van der Waals surface area (Å²) in [7, 11) is 0. The zero-order chi connectivity index (χ0) is 21.2. The molecule has 1 aliphatic carbocycles.